The number of nitrogens with one attached hydrogen (secondary N) is 1. The lowest BCUT2D eigenvalue weighted by atomic mass is 10.0. The molecule has 1 fully saturated rings. The molecular formula is C22H23FN4O. The standard InChI is InChI=1S/C22H23FN4O/c23-19-8-4-9-20(12-19)25-21-10-5-11-26(16-21)22(28)18-13-24-27(15-18)14-17-6-2-1-3-7-17/h1-4,6-9,12-13,15,21,25H,5,10-11,14,16H2/t21-/m1/s1. The van der Waals surface area contributed by atoms with E-state index in [-0.39, 0.29) is 17.8 Å². The lowest BCUT2D eigenvalue weighted by Crippen LogP contribution is -2.45. The van der Waals surface area contributed by atoms with Crippen LogP contribution in [0.15, 0.2) is 67.0 Å². The first kappa shape index (κ1) is 18.2. The van der Waals surface area contributed by atoms with Crippen molar-refractivity contribution in [3.8, 4) is 0 Å². The SMILES string of the molecule is O=C(c1cnn(Cc2ccccc2)c1)N1CCC[C@@H](Nc2cccc(F)c2)C1. The summed E-state index contributed by atoms with van der Waals surface area (Å²) < 4.78 is 15.2. The van der Waals surface area contributed by atoms with E-state index in [2.05, 4.69) is 10.4 Å². The monoisotopic (exact) mass is 378 g/mol. The van der Waals surface area contributed by atoms with Crippen molar-refractivity contribution in [2.24, 2.45) is 0 Å². The molecule has 0 radical (unpaired) electrons. The zero-order valence-corrected chi connectivity index (χ0v) is 15.6. The topological polar surface area (TPSA) is 50.2 Å². The summed E-state index contributed by atoms with van der Waals surface area (Å²) in [5, 5.41) is 7.68. The quantitative estimate of drug-likeness (QED) is 0.735. The van der Waals surface area contributed by atoms with E-state index in [1.165, 1.54) is 12.1 Å². The normalized spacial score (nSPS) is 16.8. The number of anilines is 1. The van der Waals surface area contributed by atoms with Crippen LogP contribution in [0.4, 0.5) is 10.1 Å². The number of carbonyl (C=O) groups is 1. The highest BCUT2D eigenvalue weighted by molar-refractivity contribution is 5.93. The summed E-state index contributed by atoms with van der Waals surface area (Å²) in [6, 6.07) is 16.6. The van der Waals surface area contributed by atoms with Gasteiger partial charge in [0.05, 0.1) is 18.3 Å². The van der Waals surface area contributed by atoms with Gasteiger partial charge in [-0.25, -0.2) is 4.39 Å². The second kappa shape index (κ2) is 8.25. The number of likely N-dealkylation sites (tertiary alicyclic amines) is 1. The van der Waals surface area contributed by atoms with Crippen LogP contribution in [-0.2, 0) is 6.54 Å². The lowest BCUT2D eigenvalue weighted by molar-refractivity contribution is 0.0714. The molecule has 0 unspecified atom stereocenters. The number of carbonyl (C=O) groups excluding carboxylic acids is 1. The van der Waals surface area contributed by atoms with E-state index in [0.717, 1.165) is 30.6 Å². The van der Waals surface area contributed by atoms with Crippen LogP contribution < -0.4 is 5.32 Å². The smallest absolute Gasteiger partial charge is 0.257 e. The third-order valence-electron chi connectivity index (χ3n) is 4.97. The van der Waals surface area contributed by atoms with Crippen molar-refractivity contribution < 1.29 is 9.18 Å². The Kier molecular flexibility index (Phi) is 5.37. The Morgan fingerprint density at radius 1 is 1.18 bits per heavy atom. The summed E-state index contributed by atoms with van der Waals surface area (Å²) in [6.07, 6.45) is 5.30. The molecule has 0 saturated carbocycles. The number of amides is 1. The van der Waals surface area contributed by atoms with Crippen molar-refractivity contribution in [2.45, 2.75) is 25.4 Å². The van der Waals surface area contributed by atoms with Gasteiger partial charge in [0.15, 0.2) is 0 Å². The highest BCUT2D eigenvalue weighted by Gasteiger charge is 2.25. The van der Waals surface area contributed by atoms with Crippen molar-refractivity contribution in [1.82, 2.24) is 14.7 Å². The largest absolute Gasteiger partial charge is 0.380 e. The Balaban J connectivity index is 1.39. The molecule has 1 atom stereocenters. The van der Waals surface area contributed by atoms with Crippen molar-refractivity contribution in [2.75, 3.05) is 18.4 Å². The molecule has 0 spiro atoms. The fraction of sp³-hybridized carbons (Fsp3) is 0.273. The lowest BCUT2D eigenvalue weighted by Gasteiger charge is -2.33. The first-order valence-electron chi connectivity index (χ1n) is 9.55. The minimum absolute atomic E-state index is 0.00921. The Hall–Kier alpha value is -3.15. The van der Waals surface area contributed by atoms with E-state index >= 15 is 0 Å². The second-order valence-corrected chi connectivity index (χ2v) is 7.16. The maximum absolute atomic E-state index is 13.4. The van der Waals surface area contributed by atoms with Crippen molar-refractivity contribution >= 4 is 11.6 Å². The molecule has 1 amide bonds. The first-order chi connectivity index (χ1) is 13.7. The van der Waals surface area contributed by atoms with Crippen molar-refractivity contribution in [1.29, 1.82) is 0 Å². The average molecular weight is 378 g/mol. The van der Waals surface area contributed by atoms with Gasteiger partial charge in [-0.3, -0.25) is 9.48 Å². The molecule has 3 aromatic rings. The zero-order valence-electron chi connectivity index (χ0n) is 15.6. The van der Waals surface area contributed by atoms with Crippen LogP contribution in [0.25, 0.3) is 0 Å². The number of nitrogens with zero attached hydrogens (tertiary/aromatic N) is 3. The molecule has 5 nitrogen and oxygen atoms in total. The summed E-state index contributed by atoms with van der Waals surface area (Å²) in [6.45, 7) is 1.96. The Bertz CT molecular complexity index is 940. The summed E-state index contributed by atoms with van der Waals surface area (Å²) in [5.74, 6) is -0.273. The van der Waals surface area contributed by atoms with Gasteiger partial charge in [0, 0.05) is 31.0 Å². The van der Waals surface area contributed by atoms with Crippen LogP contribution in [-0.4, -0.2) is 39.7 Å². The molecule has 1 aliphatic heterocycles. The Morgan fingerprint density at radius 2 is 2.04 bits per heavy atom. The number of benzene rings is 2. The van der Waals surface area contributed by atoms with E-state index < -0.39 is 0 Å². The highest BCUT2D eigenvalue weighted by atomic mass is 19.1. The minimum atomic E-state index is -0.264. The van der Waals surface area contributed by atoms with Gasteiger partial charge in [0.25, 0.3) is 5.91 Å². The predicted octanol–water partition coefficient (Wildman–Crippen LogP) is 3.79. The van der Waals surface area contributed by atoms with Gasteiger partial charge in [-0.05, 0) is 36.6 Å². The minimum Gasteiger partial charge on any atom is -0.380 e. The van der Waals surface area contributed by atoms with E-state index in [1.54, 1.807) is 23.1 Å². The van der Waals surface area contributed by atoms with E-state index in [0.29, 0.717) is 18.7 Å². The third-order valence-corrected chi connectivity index (χ3v) is 4.97. The Morgan fingerprint density at radius 3 is 2.86 bits per heavy atom. The fourth-order valence-electron chi connectivity index (χ4n) is 3.61. The molecule has 28 heavy (non-hydrogen) atoms. The molecule has 0 bridgehead atoms. The summed E-state index contributed by atoms with van der Waals surface area (Å²) >= 11 is 0. The van der Waals surface area contributed by atoms with Gasteiger partial charge in [-0.1, -0.05) is 36.4 Å². The third kappa shape index (κ3) is 4.39. The van der Waals surface area contributed by atoms with Crippen molar-refractivity contribution in [3.05, 3.63) is 83.9 Å². The van der Waals surface area contributed by atoms with Gasteiger partial charge in [0.1, 0.15) is 5.82 Å². The molecule has 1 aliphatic rings. The van der Waals surface area contributed by atoms with Crippen LogP contribution >= 0.6 is 0 Å². The number of piperidine rings is 1. The first-order valence-corrected chi connectivity index (χ1v) is 9.55. The number of hydrogen-bond acceptors (Lipinski definition) is 3. The number of rotatable bonds is 5. The van der Waals surface area contributed by atoms with Gasteiger partial charge < -0.3 is 10.2 Å². The molecule has 2 heterocycles. The molecule has 6 heteroatoms. The molecular weight excluding hydrogens is 355 g/mol. The fourth-order valence-corrected chi connectivity index (χ4v) is 3.61. The molecule has 1 saturated heterocycles. The van der Waals surface area contributed by atoms with E-state index in [4.69, 9.17) is 0 Å². The van der Waals surface area contributed by atoms with Gasteiger partial charge in [-0.2, -0.15) is 5.10 Å². The highest BCUT2D eigenvalue weighted by Crippen LogP contribution is 2.19. The molecule has 1 N–H and O–H groups in total. The average Bonchev–Trinajstić information content (AvgIpc) is 3.17. The van der Waals surface area contributed by atoms with Crippen LogP contribution in [0.3, 0.4) is 0 Å². The number of hydrogen-bond donors (Lipinski definition) is 1. The van der Waals surface area contributed by atoms with Crippen LogP contribution in [0.5, 0.6) is 0 Å². The van der Waals surface area contributed by atoms with E-state index in [9.17, 15) is 9.18 Å². The molecule has 0 aliphatic carbocycles. The summed E-state index contributed by atoms with van der Waals surface area (Å²) in [4.78, 5) is 14.8. The number of halogens is 1. The maximum Gasteiger partial charge on any atom is 0.257 e. The molecule has 2 aromatic carbocycles. The predicted molar refractivity (Wildman–Crippen MR) is 107 cm³/mol. The Labute approximate surface area is 163 Å². The zero-order chi connectivity index (χ0) is 19.3. The van der Waals surface area contributed by atoms with Crippen molar-refractivity contribution in [3.63, 3.8) is 0 Å². The van der Waals surface area contributed by atoms with Crippen LogP contribution in [0, 0.1) is 5.82 Å². The van der Waals surface area contributed by atoms with E-state index in [1.807, 2.05) is 41.3 Å². The van der Waals surface area contributed by atoms with Crippen LogP contribution in [0.1, 0.15) is 28.8 Å². The molecule has 4 rings (SSSR count). The van der Waals surface area contributed by atoms with Gasteiger partial charge in [-0.15, -0.1) is 0 Å². The molecule has 144 valence electrons. The van der Waals surface area contributed by atoms with Gasteiger partial charge in [0.2, 0.25) is 0 Å². The van der Waals surface area contributed by atoms with Gasteiger partial charge >= 0.3 is 0 Å². The molecule has 1 aromatic heterocycles. The second-order valence-electron chi connectivity index (χ2n) is 7.16. The summed E-state index contributed by atoms with van der Waals surface area (Å²) in [5.41, 5.74) is 2.49. The number of aromatic nitrogens is 2. The maximum atomic E-state index is 13.4. The van der Waals surface area contributed by atoms with Crippen LogP contribution in [0.2, 0.25) is 0 Å². The summed E-state index contributed by atoms with van der Waals surface area (Å²) in [7, 11) is 0.